The van der Waals surface area contributed by atoms with Gasteiger partial charge in [-0.1, -0.05) is 11.6 Å². The van der Waals surface area contributed by atoms with E-state index in [0.29, 0.717) is 5.56 Å². The van der Waals surface area contributed by atoms with E-state index in [1.807, 2.05) is 0 Å². The normalized spacial score (nSPS) is 13.5. The molecule has 0 saturated carbocycles. The summed E-state index contributed by atoms with van der Waals surface area (Å²) >= 11 is 5.52. The van der Waals surface area contributed by atoms with E-state index in [9.17, 15) is 14.3 Å². The monoisotopic (exact) mass is 274 g/mol. The maximum Gasteiger partial charge on any atom is 0.306 e. The SMILES string of the molecule is CS(=O)(Cc1cnc(Cl)c([N+](=O)[O-])c1)=NC#N. The Morgan fingerprint density at radius 2 is 2.41 bits per heavy atom. The molecule has 90 valence electrons. The van der Waals surface area contributed by atoms with E-state index < -0.39 is 14.7 Å². The first-order valence-corrected chi connectivity index (χ1v) is 6.69. The molecule has 0 spiro atoms. The highest BCUT2D eigenvalue weighted by Crippen LogP contribution is 2.23. The number of hydrogen-bond donors (Lipinski definition) is 0. The molecule has 0 aliphatic heterocycles. The van der Waals surface area contributed by atoms with E-state index in [4.69, 9.17) is 16.9 Å². The molecule has 0 bridgehead atoms. The van der Waals surface area contributed by atoms with Crippen molar-refractivity contribution >= 4 is 27.0 Å². The Labute approximate surface area is 102 Å². The summed E-state index contributed by atoms with van der Waals surface area (Å²) in [4.78, 5) is 13.5. The van der Waals surface area contributed by atoms with Crippen LogP contribution in [0.2, 0.25) is 5.15 Å². The largest absolute Gasteiger partial charge is 0.306 e. The predicted molar refractivity (Wildman–Crippen MR) is 61.7 cm³/mol. The summed E-state index contributed by atoms with van der Waals surface area (Å²) in [6.07, 6.45) is 4.00. The summed E-state index contributed by atoms with van der Waals surface area (Å²) in [6, 6.07) is 1.17. The molecule has 0 amide bonds. The Morgan fingerprint density at radius 3 is 2.94 bits per heavy atom. The number of nitriles is 1. The Kier molecular flexibility index (Phi) is 3.98. The van der Waals surface area contributed by atoms with Gasteiger partial charge in [0.05, 0.1) is 20.4 Å². The molecule has 0 aliphatic carbocycles. The van der Waals surface area contributed by atoms with Gasteiger partial charge in [-0.15, -0.1) is 4.36 Å². The van der Waals surface area contributed by atoms with Crippen molar-refractivity contribution in [2.45, 2.75) is 5.75 Å². The number of aromatic nitrogens is 1. The van der Waals surface area contributed by atoms with Gasteiger partial charge in [0.1, 0.15) is 0 Å². The second kappa shape index (κ2) is 5.07. The maximum absolute atomic E-state index is 11.7. The van der Waals surface area contributed by atoms with E-state index >= 15 is 0 Å². The lowest BCUT2D eigenvalue weighted by Crippen LogP contribution is -2.02. The summed E-state index contributed by atoms with van der Waals surface area (Å²) in [5, 5.41) is 18.7. The zero-order valence-corrected chi connectivity index (χ0v) is 10.2. The molecule has 0 saturated heterocycles. The third kappa shape index (κ3) is 3.65. The van der Waals surface area contributed by atoms with Gasteiger partial charge < -0.3 is 0 Å². The molecule has 1 aromatic rings. The zero-order valence-electron chi connectivity index (χ0n) is 8.66. The van der Waals surface area contributed by atoms with Crippen molar-refractivity contribution in [1.82, 2.24) is 4.98 Å². The van der Waals surface area contributed by atoms with Crippen LogP contribution in [0.4, 0.5) is 5.69 Å². The van der Waals surface area contributed by atoms with Crippen LogP contribution in [0.15, 0.2) is 16.6 Å². The summed E-state index contributed by atoms with van der Waals surface area (Å²) in [7, 11) is -2.73. The molecule has 17 heavy (non-hydrogen) atoms. The van der Waals surface area contributed by atoms with Crippen LogP contribution in [0.25, 0.3) is 0 Å². The highest BCUT2D eigenvalue weighted by atomic mass is 35.5. The van der Waals surface area contributed by atoms with Crippen molar-refractivity contribution in [3.8, 4) is 6.19 Å². The number of pyridine rings is 1. The van der Waals surface area contributed by atoms with Crippen LogP contribution >= 0.6 is 11.6 Å². The second-order valence-electron chi connectivity index (χ2n) is 3.21. The van der Waals surface area contributed by atoms with Crippen molar-refractivity contribution in [2.24, 2.45) is 4.36 Å². The number of nitrogens with zero attached hydrogens (tertiary/aromatic N) is 4. The number of rotatable bonds is 3. The Bertz CT molecular complexity index is 616. The van der Waals surface area contributed by atoms with E-state index in [1.54, 1.807) is 0 Å². The van der Waals surface area contributed by atoms with Crippen molar-refractivity contribution in [1.29, 1.82) is 5.26 Å². The molecule has 0 aromatic carbocycles. The van der Waals surface area contributed by atoms with Crippen LogP contribution in [0.1, 0.15) is 5.56 Å². The highest BCUT2D eigenvalue weighted by Gasteiger charge is 2.15. The summed E-state index contributed by atoms with van der Waals surface area (Å²) in [6.45, 7) is 0. The fourth-order valence-electron chi connectivity index (χ4n) is 1.11. The number of halogens is 1. The first kappa shape index (κ1) is 13.3. The van der Waals surface area contributed by atoms with Gasteiger partial charge in [-0.25, -0.2) is 9.19 Å². The maximum atomic E-state index is 11.7. The van der Waals surface area contributed by atoms with Crippen LogP contribution in [0.3, 0.4) is 0 Å². The molecule has 0 radical (unpaired) electrons. The summed E-state index contributed by atoms with van der Waals surface area (Å²) in [5.41, 5.74) is -0.0241. The van der Waals surface area contributed by atoms with Crippen LogP contribution in [-0.2, 0) is 15.5 Å². The van der Waals surface area contributed by atoms with Crippen LogP contribution in [0.5, 0.6) is 0 Å². The van der Waals surface area contributed by atoms with E-state index in [2.05, 4.69) is 9.35 Å². The first-order chi connectivity index (χ1) is 7.85. The Morgan fingerprint density at radius 1 is 1.76 bits per heavy atom. The topological polar surface area (TPSA) is 109 Å². The zero-order chi connectivity index (χ0) is 13.1. The standard InChI is InChI=1S/C8H7ClN4O3S/c1-17(16,12-5-10)4-6-2-7(13(14)15)8(9)11-3-6/h2-3H,4H2,1H3. The average Bonchev–Trinajstić information content (AvgIpc) is 2.20. The van der Waals surface area contributed by atoms with Gasteiger partial charge in [-0.2, -0.15) is 5.26 Å². The highest BCUT2D eigenvalue weighted by molar-refractivity contribution is 7.92. The minimum atomic E-state index is -2.73. The fraction of sp³-hybridized carbons (Fsp3) is 0.250. The van der Waals surface area contributed by atoms with Crippen LogP contribution in [0, 0.1) is 21.6 Å². The summed E-state index contributed by atoms with van der Waals surface area (Å²) < 4.78 is 15.0. The third-order valence-electron chi connectivity index (χ3n) is 1.74. The van der Waals surface area contributed by atoms with E-state index in [-0.39, 0.29) is 16.6 Å². The molecule has 0 aliphatic rings. The molecule has 1 unspecified atom stereocenters. The quantitative estimate of drug-likeness (QED) is 0.361. The molecule has 1 rings (SSSR count). The average molecular weight is 275 g/mol. The van der Waals surface area contributed by atoms with Gasteiger partial charge in [-0.3, -0.25) is 10.1 Å². The lowest BCUT2D eigenvalue weighted by molar-refractivity contribution is -0.385. The van der Waals surface area contributed by atoms with Gasteiger partial charge in [0.25, 0.3) is 0 Å². The first-order valence-electron chi connectivity index (χ1n) is 4.22. The molecule has 7 nitrogen and oxygen atoms in total. The molecule has 1 atom stereocenters. The van der Waals surface area contributed by atoms with Gasteiger partial charge in [-0.05, 0) is 5.56 Å². The molecule has 0 N–H and O–H groups in total. The molecule has 1 aromatic heterocycles. The minimum absolute atomic E-state index is 0.0917. The molecule has 9 heteroatoms. The van der Waals surface area contributed by atoms with E-state index in [0.717, 1.165) is 0 Å². The van der Waals surface area contributed by atoms with Gasteiger partial charge in [0.2, 0.25) is 11.3 Å². The summed E-state index contributed by atoms with van der Waals surface area (Å²) in [5.74, 6) is -0.0917. The van der Waals surface area contributed by atoms with Crippen molar-refractivity contribution < 1.29 is 9.13 Å². The third-order valence-corrected chi connectivity index (χ3v) is 3.37. The van der Waals surface area contributed by atoms with Crippen LogP contribution < -0.4 is 0 Å². The molecular weight excluding hydrogens is 268 g/mol. The smallest absolute Gasteiger partial charge is 0.258 e. The van der Waals surface area contributed by atoms with Gasteiger partial charge >= 0.3 is 5.69 Å². The van der Waals surface area contributed by atoms with Crippen molar-refractivity contribution in [3.63, 3.8) is 0 Å². The number of hydrogen-bond acceptors (Lipinski definition) is 6. The van der Waals surface area contributed by atoms with Crippen molar-refractivity contribution in [3.05, 3.63) is 33.1 Å². The number of nitro groups is 1. The lowest BCUT2D eigenvalue weighted by Gasteiger charge is -2.02. The van der Waals surface area contributed by atoms with Gasteiger partial charge in [0.15, 0.2) is 0 Å². The Hall–Kier alpha value is -1.72. The van der Waals surface area contributed by atoms with E-state index in [1.165, 1.54) is 24.7 Å². The molecular formula is C8H7ClN4O3S. The molecule has 1 heterocycles. The lowest BCUT2D eigenvalue weighted by atomic mass is 10.3. The van der Waals surface area contributed by atoms with Crippen LogP contribution in [-0.4, -0.2) is 20.4 Å². The van der Waals surface area contributed by atoms with Gasteiger partial charge in [0, 0.05) is 18.5 Å². The fourth-order valence-corrected chi connectivity index (χ4v) is 2.30. The Balaban J connectivity index is 3.16. The van der Waals surface area contributed by atoms with Crippen molar-refractivity contribution in [2.75, 3.05) is 6.26 Å². The minimum Gasteiger partial charge on any atom is -0.258 e. The molecule has 0 fully saturated rings. The second-order valence-corrected chi connectivity index (χ2v) is 5.95. The predicted octanol–water partition coefficient (Wildman–Crippen LogP) is 1.72.